The van der Waals surface area contributed by atoms with Crippen LogP contribution < -0.4 is 25.4 Å². The summed E-state index contributed by atoms with van der Waals surface area (Å²) in [6.45, 7) is 0. The highest BCUT2D eigenvalue weighted by Crippen LogP contribution is 2.36. The van der Waals surface area contributed by atoms with Crippen molar-refractivity contribution in [2.24, 2.45) is 0 Å². The zero-order valence-electron chi connectivity index (χ0n) is 16.2. The number of benzene rings is 2. The number of hydrogen-bond donors (Lipinski definition) is 3. The molecule has 2 aromatic carbocycles. The molecule has 0 fully saturated rings. The third-order valence-electron chi connectivity index (χ3n) is 4.07. The molecule has 0 aliphatic rings. The zero-order chi connectivity index (χ0) is 21.5. The van der Waals surface area contributed by atoms with Crippen LogP contribution in [0.5, 0.6) is 11.5 Å². The highest BCUT2D eigenvalue weighted by Gasteiger charge is 2.11. The van der Waals surface area contributed by atoms with E-state index in [1.807, 2.05) is 0 Å². The molecule has 0 saturated carbocycles. The quantitative estimate of drug-likeness (QED) is 0.472. The zero-order valence-corrected chi connectivity index (χ0v) is 17.8. The maximum atomic E-state index is 12.2. The molecule has 3 aromatic rings. The van der Waals surface area contributed by atoms with Crippen LogP contribution in [-0.4, -0.2) is 30.2 Å². The summed E-state index contributed by atoms with van der Waals surface area (Å²) < 4.78 is 10.5. The summed E-state index contributed by atoms with van der Waals surface area (Å²) >= 11 is 11.6. The number of thiocarbonyl (C=S) groups is 1. The van der Waals surface area contributed by atoms with E-state index in [0.717, 1.165) is 5.69 Å². The molecular weight excluding hydrogens is 424 g/mol. The normalized spacial score (nSPS) is 10.1. The van der Waals surface area contributed by atoms with Gasteiger partial charge in [0.2, 0.25) is 0 Å². The minimum Gasteiger partial charge on any atom is -0.495 e. The maximum absolute atomic E-state index is 12.2. The number of aromatic nitrogens is 1. The molecule has 1 amide bonds. The molecule has 0 unspecified atom stereocenters. The summed E-state index contributed by atoms with van der Waals surface area (Å²) in [6, 6.07) is 13.8. The van der Waals surface area contributed by atoms with Gasteiger partial charge < -0.3 is 25.4 Å². The lowest BCUT2D eigenvalue weighted by molar-refractivity contribution is 0.102. The van der Waals surface area contributed by atoms with E-state index in [4.69, 9.17) is 33.3 Å². The second kappa shape index (κ2) is 9.91. The standard InChI is InChI=1S/C21H19ClN4O3S/c1-28-18-12-19(29-2)17(11-16(18)22)26-21(30)25-15-5-3-14(4-6-15)24-20(27)13-7-9-23-10-8-13/h3-12H,1-2H3,(H,24,27)(H2,25,26,30). The van der Waals surface area contributed by atoms with Crippen LogP contribution >= 0.6 is 23.8 Å². The van der Waals surface area contributed by atoms with Gasteiger partial charge in [-0.15, -0.1) is 0 Å². The van der Waals surface area contributed by atoms with Crippen LogP contribution in [0, 0.1) is 0 Å². The predicted octanol–water partition coefficient (Wildman–Crippen LogP) is 4.81. The van der Waals surface area contributed by atoms with Gasteiger partial charge in [-0.25, -0.2) is 0 Å². The van der Waals surface area contributed by atoms with Crippen LogP contribution in [0.1, 0.15) is 10.4 Å². The number of anilines is 3. The summed E-state index contributed by atoms with van der Waals surface area (Å²) in [5.41, 5.74) is 2.53. The lowest BCUT2D eigenvalue weighted by atomic mass is 10.2. The van der Waals surface area contributed by atoms with Gasteiger partial charge in [0, 0.05) is 35.4 Å². The first-order chi connectivity index (χ1) is 14.5. The Kier molecular flexibility index (Phi) is 7.05. The molecule has 0 aliphatic carbocycles. The Morgan fingerprint density at radius 1 is 0.900 bits per heavy atom. The van der Waals surface area contributed by atoms with Crippen molar-refractivity contribution in [3.63, 3.8) is 0 Å². The number of carbonyl (C=O) groups excluding carboxylic acids is 1. The Labute approximate surface area is 184 Å². The van der Waals surface area contributed by atoms with Crippen LogP contribution in [0.2, 0.25) is 5.02 Å². The molecule has 1 heterocycles. The molecule has 0 bridgehead atoms. The smallest absolute Gasteiger partial charge is 0.255 e. The molecule has 1 aromatic heterocycles. The summed E-state index contributed by atoms with van der Waals surface area (Å²) in [6.07, 6.45) is 3.14. The molecule has 3 N–H and O–H groups in total. The Hall–Kier alpha value is -3.36. The lowest BCUT2D eigenvalue weighted by Gasteiger charge is -2.15. The van der Waals surface area contributed by atoms with Crippen molar-refractivity contribution in [1.29, 1.82) is 0 Å². The van der Waals surface area contributed by atoms with E-state index < -0.39 is 0 Å². The fourth-order valence-electron chi connectivity index (χ4n) is 2.59. The van der Waals surface area contributed by atoms with E-state index in [9.17, 15) is 4.79 Å². The number of amides is 1. The summed E-state index contributed by atoms with van der Waals surface area (Å²) in [7, 11) is 3.08. The summed E-state index contributed by atoms with van der Waals surface area (Å²) in [5.74, 6) is 0.829. The molecule has 0 aliphatic heterocycles. The molecule has 0 spiro atoms. The van der Waals surface area contributed by atoms with Gasteiger partial charge >= 0.3 is 0 Å². The summed E-state index contributed by atoms with van der Waals surface area (Å²) in [4.78, 5) is 16.1. The number of nitrogens with zero attached hydrogens (tertiary/aromatic N) is 1. The van der Waals surface area contributed by atoms with Crippen molar-refractivity contribution in [2.75, 3.05) is 30.2 Å². The van der Waals surface area contributed by atoms with Crippen molar-refractivity contribution >= 4 is 51.9 Å². The maximum Gasteiger partial charge on any atom is 0.255 e. The van der Waals surface area contributed by atoms with Gasteiger partial charge in [-0.05, 0) is 54.7 Å². The monoisotopic (exact) mass is 442 g/mol. The third-order valence-corrected chi connectivity index (χ3v) is 4.56. The van der Waals surface area contributed by atoms with Gasteiger partial charge in [0.15, 0.2) is 5.11 Å². The average Bonchev–Trinajstić information content (AvgIpc) is 2.76. The molecule has 0 radical (unpaired) electrons. The minimum absolute atomic E-state index is 0.209. The first-order valence-corrected chi connectivity index (χ1v) is 9.59. The summed E-state index contributed by atoms with van der Waals surface area (Å²) in [5, 5.41) is 9.72. The number of ether oxygens (including phenoxy) is 2. The van der Waals surface area contributed by atoms with E-state index in [0.29, 0.717) is 38.6 Å². The van der Waals surface area contributed by atoms with E-state index in [1.165, 1.54) is 7.11 Å². The predicted molar refractivity (Wildman–Crippen MR) is 123 cm³/mol. The number of nitrogens with one attached hydrogen (secondary N) is 3. The number of hydrogen-bond acceptors (Lipinski definition) is 5. The number of carbonyl (C=O) groups is 1. The Balaban J connectivity index is 1.62. The topological polar surface area (TPSA) is 84.5 Å². The Morgan fingerprint density at radius 3 is 2.10 bits per heavy atom. The van der Waals surface area contributed by atoms with Crippen LogP contribution in [0.3, 0.4) is 0 Å². The van der Waals surface area contributed by atoms with Gasteiger partial charge in [0.05, 0.1) is 24.9 Å². The molecule has 3 rings (SSSR count). The second-order valence-corrected chi connectivity index (χ2v) is 6.85. The van der Waals surface area contributed by atoms with Gasteiger partial charge in [0.25, 0.3) is 5.91 Å². The fraction of sp³-hybridized carbons (Fsp3) is 0.0952. The molecule has 30 heavy (non-hydrogen) atoms. The molecule has 0 atom stereocenters. The highest BCUT2D eigenvalue weighted by molar-refractivity contribution is 7.80. The molecular formula is C21H19ClN4O3S. The van der Waals surface area contributed by atoms with Crippen molar-refractivity contribution in [3.05, 3.63) is 71.5 Å². The van der Waals surface area contributed by atoms with Crippen molar-refractivity contribution < 1.29 is 14.3 Å². The number of rotatable bonds is 6. The number of methoxy groups -OCH3 is 2. The highest BCUT2D eigenvalue weighted by atomic mass is 35.5. The largest absolute Gasteiger partial charge is 0.495 e. The van der Waals surface area contributed by atoms with E-state index in [-0.39, 0.29) is 5.91 Å². The SMILES string of the molecule is COc1cc(OC)c(NC(=S)Nc2ccc(NC(=O)c3ccncc3)cc2)cc1Cl. The van der Waals surface area contributed by atoms with Gasteiger partial charge in [0.1, 0.15) is 11.5 Å². The van der Waals surface area contributed by atoms with E-state index in [1.54, 1.807) is 68.0 Å². The van der Waals surface area contributed by atoms with Gasteiger partial charge in [-0.3, -0.25) is 9.78 Å². The third kappa shape index (κ3) is 5.37. The Bertz CT molecular complexity index is 1050. The van der Waals surface area contributed by atoms with Crippen molar-refractivity contribution in [2.45, 2.75) is 0 Å². The minimum atomic E-state index is -0.209. The Morgan fingerprint density at radius 2 is 1.50 bits per heavy atom. The van der Waals surface area contributed by atoms with Crippen LogP contribution in [0.15, 0.2) is 60.9 Å². The lowest BCUT2D eigenvalue weighted by Crippen LogP contribution is -2.19. The van der Waals surface area contributed by atoms with Crippen LogP contribution in [0.25, 0.3) is 0 Å². The average molecular weight is 443 g/mol. The first-order valence-electron chi connectivity index (χ1n) is 8.81. The van der Waals surface area contributed by atoms with Gasteiger partial charge in [-0.1, -0.05) is 11.6 Å². The van der Waals surface area contributed by atoms with E-state index in [2.05, 4.69) is 20.9 Å². The van der Waals surface area contributed by atoms with Crippen LogP contribution in [0.4, 0.5) is 17.1 Å². The van der Waals surface area contributed by atoms with Crippen LogP contribution in [-0.2, 0) is 0 Å². The first kappa shape index (κ1) is 21.4. The number of pyridine rings is 1. The second-order valence-electron chi connectivity index (χ2n) is 6.03. The van der Waals surface area contributed by atoms with Gasteiger partial charge in [-0.2, -0.15) is 0 Å². The number of halogens is 1. The molecule has 7 nitrogen and oxygen atoms in total. The van der Waals surface area contributed by atoms with Crippen molar-refractivity contribution in [1.82, 2.24) is 4.98 Å². The molecule has 9 heteroatoms. The fourth-order valence-corrected chi connectivity index (χ4v) is 3.05. The van der Waals surface area contributed by atoms with Crippen molar-refractivity contribution in [3.8, 4) is 11.5 Å². The van der Waals surface area contributed by atoms with E-state index >= 15 is 0 Å². The molecule has 0 saturated heterocycles. The molecule has 154 valence electrons.